The van der Waals surface area contributed by atoms with Crippen molar-refractivity contribution >= 4 is 29.4 Å². The van der Waals surface area contributed by atoms with E-state index >= 15 is 0 Å². The molecule has 0 spiro atoms. The van der Waals surface area contributed by atoms with Crippen LogP contribution in [0.25, 0.3) is 11.1 Å². The molecule has 0 aliphatic rings. The molecule has 7 heteroatoms. The van der Waals surface area contributed by atoms with Gasteiger partial charge in [0, 0.05) is 17.1 Å². The number of nitrogens with zero attached hydrogens (tertiary/aromatic N) is 1. The first-order valence-corrected chi connectivity index (χ1v) is 13.6. The largest absolute Gasteiger partial charge is 0.507 e. The lowest BCUT2D eigenvalue weighted by Gasteiger charge is -2.26. The Bertz CT molecular complexity index is 1300. The van der Waals surface area contributed by atoms with E-state index < -0.39 is 12.3 Å². The first kappa shape index (κ1) is 29.2. The molecule has 0 saturated heterocycles. The lowest BCUT2D eigenvalue weighted by molar-refractivity contribution is 0.0710. The summed E-state index contributed by atoms with van der Waals surface area (Å²) < 4.78 is 19.0. The van der Waals surface area contributed by atoms with Crippen molar-refractivity contribution in [3.05, 3.63) is 114 Å². The third-order valence-corrected chi connectivity index (χ3v) is 6.61. The zero-order chi connectivity index (χ0) is 28.9. The maximum absolute atomic E-state index is 11.2. The highest BCUT2D eigenvalue weighted by Gasteiger charge is 2.13. The van der Waals surface area contributed by atoms with Crippen LogP contribution in [0.2, 0.25) is 0 Å². The van der Waals surface area contributed by atoms with Gasteiger partial charge in [0.05, 0.1) is 27.4 Å². The topological polar surface area (TPSA) is 74.3 Å². The van der Waals surface area contributed by atoms with Gasteiger partial charge in [-0.1, -0.05) is 66.7 Å². The van der Waals surface area contributed by atoms with Gasteiger partial charge in [0.25, 0.3) is 0 Å². The summed E-state index contributed by atoms with van der Waals surface area (Å²) >= 11 is 0. The number of hydrogen-bond donors (Lipinski definition) is 0. The van der Waals surface area contributed by atoms with Crippen molar-refractivity contribution in [1.82, 2.24) is 0 Å². The monoisotopic (exact) mass is 553 g/mol. The van der Waals surface area contributed by atoms with Crippen LogP contribution in [0.1, 0.15) is 24.0 Å². The predicted molar refractivity (Wildman–Crippen MR) is 160 cm³/mol. The first-order valence-electron chi connectivity index (χ1n) is 13.6. The lowest BCUT2D eigenvalue weighted by Crippen LogP contribution is -2.10. The number of anilines is 3. The van der Waals surface area contributed by atoms with E-state index in [-0.39, 0.29) is 0 Å². The van der Waals surface area contributed by atoms with Gasteiger partial charge in [0.2, 0.25) is 0 Å². The Balaban J connectivity index is 1.51. The summed E-state index contributed by atoms with van der Waals surface area (Å²) in [6.07, 6.45) is 1.69. The fraction of sp³-hybridized carbons (Fsp3) is 0.235. The Morgan fingerprint density at radius 3 is 1.34 bits per heavy atom. The second-order valence-corrected chi connectivity index (χ2v) is 9.39. The highest BCUT2D eigenvalue weighted by atomic mass is 16.7. The zero-order valence-electron chi connectivity index (χ0n) is 23.5. The number of carbonyl (C=O) groups is 2. The minimum atomic E-state index is -0.658. The maximum Gasteiger partial charge on any atom is 0.507 e. The number of aryl methyl sites for hydroxylation is 2. The third kappa shape index (κ3) is 8.60. The second-order valence-electron chi connectivity index (χ2n) is 9.39. The standard InChI is InChI=1S/C34H35NO6/c1-38-33(36)40-24-6-8-26-12-18-30(19-13-26)35(32-22-16-29(17-23-32)28-10-4-3-5-11-28)31-20-14-27(15-21-31)9-7-25-41-34(37)39-2/h3-5,10-23H,6-9,24-25H2,1-2H3. The molecule has 0 atom stereocenters. The molecule has 4 aromatic carbocycles. The van der Waals surface area contributed by atoms with E-state index in [0.29, 0.717) is 26.1 Å². The van der Waals surface area contributed by atoms with Crippen LogP contribution in [-0.4, -0.2) is 39.7 Å². The van der Waals surface area contributed by atoms with Crippen molar-refractivity contribution in [1.29, 1.82) is 0 Å². The van der Waals surface area contributed by atoms with Gasteiger partial charge in [0.1, 0.15) is 0 Å². The molecule has 4 rings (SSSR count). The quantitative estimate of drug-likeness (QED) is 0.129. The fourth-order valence-electron chi connectivity index (χ4n) is 4.49. The number of rotatable bonds is 12. The van der Waals surface area contributed by atoms with Gasteiger partial charge in [0.15, 0.2) is 0 Å². The first-order chi connectivity index (χ1) is 20.1. The molecular formula is C34H35NO6. The number of hydrogen-bond acceptors (Lipinski definition) is 7. The molecule has 0 N–H and O–H groups in total. The summed E-state index contributed by atoms with van der Waals surface area (Å²) in [6, 6.07) is 35.7. The maximum atomic E-state index is 11.2. The average Bonchev–Trinajstić information content (AvgIpc) is 3.03. The molecular weight excluding hydrogens is 518 g/mol. The smallest absolute Gasteiger partial charge is 0.438 e. The fourth-order valence-corrected chi connectivity index (χ4v) is 4.49. The van der Waals surface area contributed by atoms with Gasteiger partial charge < -0.3 is 23.8 Å². The Labute approximate surface area is 241 Å². The van der Waals surface area contributed by atoms with Gasteiger partial charge in [-0.05, 0) is 84.3 Å². The van der Waals surface area contributed by atoms with Gasteiger partial charge in [-0.25, -0.2) is 9.59 Å². The van der Waals surface area contributed by atoms with Crippen LogP contribution < -0.4 is 4.90 Å². The summed E-state index contributed by atoms with van der Waals surface area (Å²) in [4.78, 5) is 24.6. The summed E-state index contributed by atoms with van der Waals surface area (Å²) in [7, 11) is 2.61. The Morgan fingerprint density at radius 2 is 0.927 bits per heavy atom. The van der Waals surface area contributed by atoms with E-state index in [1.807, 2.05) is 18.2 Å². The molecule has 4 aromatic rings. The summed E-state index contributed by atoms with van der Waals surface area (Å²) in [6.45, 7) is 0.630. The second kappa shape index (κ2) is 15.1. The summed E-state index contributed by atoms with van der Waals surface area (Å²) in [5.41, 5.74) is 7.76. The SMILES string of the molecule is COC(=O)OCCCc1ccc(N(c2ccc(CCCOC(=O)OC)cc2)c2ccc(-c3ccccc3)cc2)cc1. The summed E-state index contributed by atoms with van der Waals surface area (Å²) in [5.74, 6) is 0. The van der Waals surface area contributed by atoms with Crippen molar-refractivity contribution in [3.8, 4) is 11.1 Å². The third-order valence-electron chi connectivity index (χ3n) is 6.61. The number of carbonyl (C=O) groups excluding carboxylic acids is 2. The minimum Gasteiger partial charge on any atom is -0.438 e. The molecule has 41 heavy (non-hydrogen) atoms. The van der Waals surface area contributed by atoms with E-state index in [2.05, 4.69) is 99.3 Å². The van der Waals surface area contributed by atoms with Crippen LogP contribution in [0.15, 0.2) is 103 Å². The van der Waals surface area contributed by atoms with E-state index in [1.165, 1.54) is 19.8 Å². The van der Waals surface area contributed by atoms with E-state index in [0.717, 1.165) is 46.6 Å². The molecule has 0 heterocycles. The van der Waals surface area contributed by atoms with Gasteiger partial charge >= 0.3 is 12.3 Å². The van der Waals surface area contributed by atoms with Crippen LogP contribution in [0.3, 0.4) is 0 Å². The molecule has 212 valence electrons. The molecule has 0 aliphatic carbocycles. The number of benzene rings is 4. The highest BCUT2D eigenvalue weighted by molar-refractivity contribution is 5.78. The molecule has 0 amide bonds. The normalized spacial score (nSPS) is 10.5. The van der Waals surface area contributed by atoms with E-state index in [1.54, 1.807) is 0 Å². The molecule has 0 bridgehead atoms. The van der Waals surface area contributed by atoms with Crippen LogP contribution >= 0.6 is 0 Å². The van der Waals surface area contributed by atoms with Crippen LogP contribution in [0, 0.1) is 0 Å². The summed E-state index contributed by atoms with van der Waals surface area (Å²) in [5, 5.41) is 0. The Hall–Kier alpha value is -4.78. The molecule has 0 saturated carbocycles. The van der Waals surface area contributed by atoms with Gasteiger partial charge in [-0.15, -0.1) is 0 Å². The van der Waals surface area contributed by atoms with Crippen molar-refractivity contribution in [3.63, 3.8) is 0 Å². The number of ether oxygens (including phenoxy) is 4. The Kier molecular flexibility index (Phi) is 10.8. The molecule has 0 fully saturated rings. The minimum absolute atomic E-state index is 0.315. The molecule has 0 unspecified atom stereocenters. The lowest BCUT2D eigenvalue weighted by atomic mass is 10.0. The van der Waals surface area contributed by atoms with Crippen LogP contribution in [0.4, 0.5) is 26.7 Å². The molecule has 7 nitrogen and oxygen atoms in total. The average molecular weight is 554 g/mol. The van der Waals surface area contributed by atoms with E-state index in [9.17, 15) is 9.59 Å². The van der Waals surface area contributed by atoms with Crippen molar-refractivity contribution < 1.29 is 28.5 Å². The van der Waals surface area contributed by atoms with Gasteiger partial charge in [-0.2, -0.15) is 0 Å². The number of methoxy groups -OCH3 is 2. The van der Waals surface area contributed by atoms with E-state index in [4.69, 9.17) is 9.47 Å². The molecule has 0 aliphatic heterocycles. The van der Waals surface area contributed by atoms with Crippen LogP contribution in [-0.2, 0) is 31.8 Å². The predicted octanol–water partition coefficient (Wildman–Crippen LogP) is 8.25. The van der Waals surface area contributed by atoms with Gasteiger partial charge in [-0.3, -0.25) is 0 Å². The van der Waals surface area contributed by atoms with Crippen molar-refractivity contribution in [2.75, 3.05) is 32.3 Å². The Morgan fingerprint density at radius 1 is 0.537 bits per heavy atom. The molecule has 0 radical (unpaired) electrons. The highest BCUT2D eigenvalue weighted by Crippen LogP contribution is 2.36. The van der Waals surface area contributed by atoms with Crippen molar-refractivity contribution in [2.45, 2.75) is 25.7 Å². The zero-order valence-corrected chi connectivity index (χ0v) is 23.5. The van der Waals surface area contributed by atoms with Crippen molar-refractivity contribution in [2.24, 2.45) is 0 Å². The molecule has 0 aromatic heterocycles. The van der Waals surface area contributed by atoms with Crippen LogP contribution in [0.5, 0.6) is 0 Å².